The molecule has 3 heteroatoms. The first-order valence-corrected chi connectivity index (χ1v) is 6.48. The maximum atomic E-state index is 9.28. The molecule has 3 nitrogen and oxygen atoms in total. The molecular formula is C15H25NO2. The fourth-order valence-electron chi connectivity index (χ4n) is 2.22. The van der Waals surface area contributed by atoms with Gasteiger partial charge in [0.2, 0.25) is 0 Å². The van der Waals surface area contributed by atoms with Crippen LogP contribution in [-0.4, -0.2) is 24.9 Å². The Balaban J connectivity index is 2.74. The molecule has 1 aromatic carbocycles. The van der Waals surface area contributed by atoms with E-state index >= 15 is 0 Å². The number of hydrogen-bond donors (Lipinski definition) is 2. The standard InChI is InChI=1S/C15H25NO2/c1-10(2)14(9-17)16-8-13-6-11(3)15(18-5)12(4)7-13/h6-7,10,14,16-17H,8-9H2,1-5H3. The second-order valence-electron chi connectivity index (χ2n) is 5.18. The van der Waals surface area contributed by atoms with Gasteiger partial charge < -0.3 is 15.2 Å². The molecule has 0 saturated heterocycles. The predicted molar refractivity (Wildman–Crippen MR) is 75.0 cm³/mol. The van der Waals surface area contributed by atoms with Gasteiger partial charge in [-0.15, -0.1) is 0 Å². The highest BCUT2D eigenvalue weighted by Crippen LogP contribution is 2.24. The summed E-state index contributed by atoms with van der Waals surface area (Å²) in [5, 5.41) is 12.7. The minimum Gasteiger partial charge on any atom is -0.496 e. The number of rotatable bonds is 6. The average Bonchev–Trinajstić information content (AvgIpc) is 2.29. The van der Waals surface area contributed by atoms with Crippen LogP contribution in [0.4, 0.5) is 0 Å². The van der Waals surface area contributed by atoms with E-state index in [1.54, 1.807) is 7.11 Å². The molecule has 0 spiro atoms. The molecule has 1 atom stereocenters. The first-order valence-electron chi connectivity index (χ1n) is 6.48. The van der Waals surface area contributed by atoms with Crippen LogP contribution in [-0.2, 0) is 6.54 Å². The highest BCUT2D eigenvalue weighted by molar-refractivity contribution is 5.43. The van der Waals surface area contributed by atoms with E-state index in [2.05, 4.69) is 45.1 Å². The number of aryl methyl sites for hydroxylation is 2. The number of methoxy groups -OCH3 is 1. The Hall–Kier alpha value is -1.06. The number of aliphatic hydroxyl groups excluding tert-OH is 1. The number of ether oxygens (including phenoxy) is 1. The van der Waals surface area contributed by atoms with Gasteiger partial charge in [0.1, 0.15) is 5.75 Å². The molecule has 0 aliphatic carbocycles. The Morgan fingerprint density at radius 3 is 2.17 bits per heavy atom. The van der Waals surface area contributed by atoms with Gasteiger partial charge in [0, 0.05) is 12.6 Å². The summed E-state index contributed by atoms with van der Waals surface area (Å²) in [4.78, 5) is 0. The quantitative estimate of drug-likeness (QED) is 0.816. The minimum absolute atomic E-state index is 0.146. The van der Waals surface area contributed by atoms with E-state index in [4.69, 9.17) is 4.74 Å². The lowest BCUT2D eigenvalue weighted by atomic mass is 10.0. The molecule has 1 unspecified atom stereocenters. The van der Waals surface area contributed by atoms with Crippen LogP contribution in [0.25, 0.3) is 0 Å². The lowest BCUT2D eigenvalue weighted by molar-refractivity contribution is 0.210. The van der Waals surface area contributed by atoms with Crippen LogP contribution in [0.1, 0.15) is 30.5 Å². The Bertz CT molecular complexity index is 365. The lowest BCUT2D eigenvalue weighted by Gasteiger charge is -2.20. The van der Waals surface area contributed by atoms with Crippen LogP contribution < -0.4 is 10.1 Å². The number of aliphatic hydroxyl groups is 1. The van der Waals surface area contributed by atoms with Crippen molar-refractivity contribution < 1.29 is 9.84 Å². The van der Waals surface area contributed by atoms with E-state index in [9.17, 15) is 5.11 Å². The van der Waals surface area contributed by atoms with Crippen molar-refractivity contribution in [2.45, 2.75) is 40.3 Å². The van der Waals surface area contributed by atoms with E-state index in [-0.39, 0.29) is 12.6 Å². The van der Waals surface area contributed by atoms with E-state index in [0.29, 0.717) is 5.92 Å². The molecule has 18 heavy (non-hydrogen) atoms. The molecule has 0 bridgehead atoms. The van der Waals surface area contributed by atoms with Gasteiger partial charge in [-0.2, -0.15) is 0 Å². The van der Waals surface area contributed by atoms with Crippen molar-refractivity contribution in [3.05, 3.63) is 28.8 Å². The van der Waals surface area contributed by atoms with Crippen molar-refractivity contribution >= 4 is 0 Å². The van der Waals surface area contributed by atoms with E-state index in [1.807, 2.05) is 0 Å². The monoisotopic (exact) mass is 251 g/mol. The average molecular weight is 251 g/mol. The molecule has 0 radical (unpaired) electrons. The van der Waals surface area contributed by atoms with Gasteiger partial charge >= 0.3 is 0 Å². The van der Waals surface area contributed by atoms with Crippen molar-refractivity contribution in [3.8, 4) is 5.75 Å². The zero-order valence-corrected chi connectivity index (χ0v) is 12.1. The molecular weight excluding hydrogens is 226 g/mol. The Labute approximate surface area is 110 Å². The number of benzene rings is 1. The predicted octanol–water partition coefficient (Wildman–Crippen LogP) is 2.42. The molecule has 0 amide bonds. The summed E-state index contributed by atoms with van der Waals surface area (Å²) in [6.45, 7) is 9.28. The highest BCUT2D eigenvalue weighted by Gasteiger charge is 2.12. The minimum atomic E-state index is 0.146. The van der Waals surface area contributed by atoms with Gasteiger partial charge in [-0.3, -0.25) is 0 Å². The second-order valence-corrected chi connectivity index (χ2v) is 5.18. The molecule has 0 aliphatic heterocycles. The summed E-state index contributed by atoms with van der Waals surface area (Å²) in [5.74, 6) is 1.39. The van der Waals surface area contributed by atoms with Crippen LogP contribution in [0.3, 0.4) is 0 Å². The van der Waals surface area contributed by atoms with E-state index < -0.39 is 0 Å². The Kier molecular flexibility index (Phi) is 5.63. The van der Waals surface area contributed by atoms with Crippen LogP contribution >= 0.6 is 0 Å². The third kappa shape index (κ3) is 3.72. The normalized spacial score (nSPS) is 12.8. The molecule has 102 valence electrons. The smallest absolute Gasteiger partial charge is 0.124 e. The van der Waals surface area contributed by atoms with Crippen molar-refractivity contribution in [1.82, 2.24) is 5.32 Å². The van der Waals surface area contributed by atoms with E-state index in [1.165, 1.54) is 5.56 Å². The zero-order valence-electron chi connectivity index (χ0n) is 12.1. The van der Waals surface area contributed by atoms with Gasteiger partial charge in [-0.05, 0) is 36.5 Å². The van der Waals surface area contributed by atoms with Crippen molar-refractivity contribution in [2.75, 3.05) is 13.7 Å². The maximum Gasteiger partial charge on any atom is 0.124 e. The summed E-state index contributed by atoms with van der Waals surface area (Å²) >= 11 is 0. The first-order chi connectivity index (χ1) is 8.49. The van der Waals surface area contributed by atoms with E-state index in [0.717, 1.165) is 23.4 Å². The SMILES string of the molecule is COc1c(C)cc(CNC(CO)C(C)C)cc1C. The number of nitrogens with one attached hydrogen (secondary N) is 1. The second kappa shape index (κ2) is 6.76. The van der Waals surface area contributed by atoms with Gasteiger partial charge in [0.25, 0.3) is 0 Å². The topological polar surface area (TPSA) is 41.5 Å². The highest BCUT2D eigenvalue weighted by atomic mass is 16.5. The summed E-state index contributed by atoms with van der Waals surface area (Å²) in [6, 6.07) is 4.41. The summed E-state index contributed by atoms with van der Waals surface area (Å²) in [6.07, 6.45) is 0. The fourth-order valence-corrected chi connectivity index (χ4v) is 2.22. The van der Waals surface area contributed by atoms with Gasteiger partial charge in [-0.1, -0.05) is 26.0 Å². The van der Waals surface area contributed by atoms with Crippen LogP contribution in [0.5, 0.6) is 5.75 Å². The lowest BCUT2D eigenvalue weighted by Crippen LogP contribution is -2.36. The summed E-state index contributed by atoms with van der Waals surface area (Å²) < 4.78 is 5.36. The summed E-state index contributed by atoms with van der Waals surface area (Å²) in [5.41, 5.74) is 3.53. The number of hydrogen-bond acceptors (Lipinski definition) is 3. The van der Waals surface area contributed by atoms with Gasteiger partial charge in [0.05, 0.1) is 13.7 Å². The molecule has 0 aromatic heterocycles. The largest absolute Gasteiger partial charge is 0.496 e. The maximum absolute atomic E-state index is 9.28. The molecule has 1 aromatic rings. The van der Waals surface area contributed by atoms with Crippen LogP contribution in [0.15, 0.2) is 12.1 Å². The van der Waals surface area contributed by atoms with Crippen LogP contribution in [0.2, 0.25) is 0 Å². The zero-order chi connectivity index (χ0) is 13.7. The Morgan fingerprint density at radius 1 is 1.22 bits per heavy atom. The molecule has 0 heterocycles. The fraction of sp³-hybridized carbons (Fsp3) is 0.600. The first kappa shape index (κ1) is 15.0. The van der Waals surface area contributed by atoms with Crippen molar-refractivity contribution in [2.24, 2.45) is 5.92 Å². The van der Waals surface area contributed by atoms with Gasteiger partial charge in [-0.25, -0.2) is 0 Å². The van der Waals surface area contributed by atoms with Crippen molar-refractivity contribution in [3.63, 3.8) is 0 Å². The molecule has 0 aliphatic rings. The van der Waals surface area contributed by atoms with Gasteiger partial charge in [0.15, 0.2) is 0 Å². The Morgan fingerprint density at radius 2 is 1.78 bits per heavy atom. The van der Waals surface area contributed by atoms with Crippen LogP contribution in [0, 0.1) is 19.8 Å². The third-order valence-electron chi connectivity index (χ3n) is 3.29. The molecule has 0 saturated carbocycles. The molecule has 0 fully saturated rings. The summed E-state index contributed by atoms with van der Waals surface area (Å²) in [7, 11) is 1.70. The molecule has 1 rings (SSSR count). The third-order valence-corrected chi connectivity index (χ3v) is 3.29. The molecule has 2 N–H and O–H groups in total. The van der Waals surface area contributed by atoms with Crippen molar-refractivity contribution in [1.29, 1.82) is 0 Å².